The van der Waals surface area contributed by atoms with Crippen molar-refractivity contribution in [2.75, 3.05) is 38.1 Å². The lowest BCUT2D eigenvalue weighted by Gasteiger charge is -2.33. The minimum atomic E-state index is -0.402. The number of fused-ring (bicyclic) bond motifs is 1. The molecule has 0 spiro atoms. The molecule has 1 aliphatic rings. The van der Waals surface area contributed by atoms with E-state index in [-0.39, 0.29) is 17.0 Å². The van der Waals surface area contributed by atoms with E-state index in [0.717, 1.165) is 29.7 Å². The Morgan fingerprint density at radius 1 is 0.971 bits per heavy atom. The van der Waals surface area contributed by atoms with Crippen LogP contribution in [0.1, 0.15) is 16.1 Å². The number of nitrogens with zero attached hydrogens (tertiary/aromatic N) is 4. The number of halogens is 1. The summed E-state index contributed by atoms with van der Waals surface area (Å²) >= 11 is 6.07. The van der Waals surface area contributed by atoms with Gasteiger partial charge in [0.1, 0.15) is 11.4 Å². The van der Waals surface area contributed by atoms with Gasteiger partial charge in [-0.25, -0.2) is 0 Å². The van der Waals surface area contributed by atoms with Crippen LogP contribution in [-0.2, 0) is 0 Å². The first-order valence-electron chi connectivity index (χ1n) is 11.0. The van der Waals surface area contributed by atoms with Gasteiger partial charge in [0.25, 0.3) is 5.69 Å². The molecule has 8 heteroatoms. The van der Waals surface area contributed by atoms with Gasteiger partial charge in [0, 0.05) is 60.1 Å². The Kier molecular flexibility index (Phi) is 5.81. The van der Waals surface area contributed by atoms with E-state index in [1.165, 1.54) is 6.07 Å². The summed E-state index contributed by atoms with van der Waals surface area (Å²) in [6.07, 6.45) is 1.83. The maximum atomic E-state index is 13.8. The average molecular weight is 475 g/mol. The maximum Gasteiger partial charge on any atom is 0.293 e. The van der Waals surface area contributed by atoms with Gasteiger partial charge in [-0.1, -0.05) is 29.8 Å². The van der Waals surface area contributed by atoms with Gasteiger partial charge in [-0.15, -0.1) is 0 Å². The number of likely N-dealkylation sites (N-methyl/N-ethyl adjacent to an activating group) is 1. The molecule has 0 radical (unpaired) electrons. The van der Waals surface area contributed by atoms with E-state index in [0.29, 0.717) is 29.5 Å². The highest BCUT2D eigenvalue weighted by Crippen LogP contribution is 2.34. The quantitative estimate of drug-likeness (QED) is 0.227. The SMILES string of the molecule is CN1CCN(c2ccc(C(=O)c3c(-c4ccc(Cl)cc4)cc4ccccn34)cc2[N+](=O)[O-])CC1. The number of ketones is 1. The van der Waals surface area contributed by atoms with Gasteiger partial charge in [-0.05, 0) is 55.1 Å². The number of nitro benzene ring substituents is 1. The predicted octanol–water partition coefficient (Wildman–Crippen LogP) is 5.15. The van der Waals surface area contributed by atoms with Crippen LogP contribution >= 0.6 is 11.6 Å². The first kappa shape index (κ1) is 22.1. The Bertz CT molecular complexity index is 1390. The summed E-state index contributed by atoms with van der Waals surface area (Å²) in [6, 6.07) is 19.7. The third kappa shape index (κ3) is 4.04. The van der Waals surface area contributed by atoms with E-state index in [1.807, 2.05) is 58.9 Å². The average Bonchev–Trinajstić information content (AvgIpc) is 3.24. The third-order valence-electron chi connectivity index (χ3n) is 6.33. The molecule has 0 saturated carbocycles. The van der Waals surface area contributed by atoms with Crippen molar-refractivity contribution < 1.29 is 9.72 Å². The van der Waals surface area contributed by atoms with Crippen molar-refractivity contribution >= 4 is 34.3 Å². The van der Waals surface area contributed by atoms with Crippen LogP contribution in [0.3, 0.4) is 0 Å². The van der Waals surface area contributed by atoms with Gasteiger partial charge >= 0.3 is 0 Å². The normalized spacial score (nSPS) is 14.5. The Morgan fingerprint density at radius 2 is 1.71 bits per heavy atom. The monoisotopic (exact) mass is 474 g/mol. The van der Waals surface area contributed by atoms with E-state index in [4.69, 9.17) is 11.6 Å². The van der Waals surface area contributed by atoms with Crippen molar-refractivity contribution in [3.8, 4) is 11.1 Å². The lowest BCUT2D eigenvalue weighted by molar-refractivity contribution is -0.384. The summed E-state index contributed by atoms with van der Waals surface area (Å²) in [4.78, 5) is 29.6. The number of hydrogen-bond donors (Lipinski definition) is 0. The molecule has 2 aromatic carbocycles. The summed E-state index contributed by atoms with van der Waals surface area (Å²) in [5.41, 5.74) is 3.69. The first-order valence-corrected chi connectivity index (χ1v) is 11.4. The van der Waals surface area contributed by atoms with E-state index in [2.05, 4.69) is 4.90 Å². The number of carbonyl (C=O) groups is 1. The van der Waals surface area contributed by atoms with Crippen LogP contribution < -0.4 is 4.90 Å². The summed E-state index contributed by atoms with van der Waals surface area (Å²) in [6.45, 7) is 3.07. The van der Waals surface area contributed by atoms with Crippen LogP contribution in [0.5, 0.6) is 0 Å². The van der Waals surface area contributed by atoms with Crippen LogP contribution in [0.25, 0.3) is 16.6 Å². The molecule has 7 nitrogen and oxygen atoms in total. The summed E-state index contributed by atoms with van der Waals surface area (Å²) in [5, 5.41) is 12.6. The molecule has 0 unspecified atom stereocenters. The zero-order valence-corrected chi connectivity index (χ0v) is 19.4. The highest BCUT2D eigenvalue weighted by atomic mass is 35.5. The molecule has 0 atom stereocenters. The molecule has 1 fully saturated rings. The number of carbonyl (C=O) groups excluding carboxylic acids is 1. The van der Waals surface area contributed by atoms with Crippen LogP contribution in [0.15, 0.2) is 72.9 Å². The minimum Gasteiger partial charge on any atom is -0.363 e. The molecular formula is C26H23ClN4O3. The van der Waals surface area contributed by atoms with Crippen molar-refractivity contribution in [1.82, 2.24) is 9.30 Å². The molecule has 0 N–H and O–H groups in total. The number of benzene rings is 2. The van der Waals surface area contributed by atoms with E-state index in [9.17, 15) is 14.9 Å². The third-order valence-corrected chi connectivity index (χ3v) is 6.58. The summed E-state index contributed by atoms with van der Waals surface area (Å²) in [7, 11) is 2.04. The van der Waals surface area contributed by atoms with Crippen molar-refractivity contribution in [2.24, 2.45) is 0 Å². The fraction of sp³-hybridized carbons (Fsp3) is 0.192. The molecule has 2 aromatic heterocycles. The molecule has 0 amide bonds. The van der Waals surface area contributed by atoms with Gasteiger partial charge in [-0.3, -0.25) is 14.9 Å². The molecule has 0 aliphatic carbocycles. The Morgan fingerprint density at radius 3 is 2.41 bits per heavy atom. The smallest absolute Gasteiger partial charge is 0.293 e. The van der Waals surface area contributed by atoms with Crippen LogP contribution in [0.4, 0.5) is 11.4 Å². The van der Waals surface area contributed by atoms with E-state index >= 15 is 0 Å². The largest absolute Gasteiger partial charge is 0.363 e. The fourth-order valence-electron chi connectivity index (χ4n) is 4.47. The van der Waals surface area contributed by atoms with Gasteiger partial charge < -0.3 is 14.2 Å². The first-order chi connectivity index (χ1) is 16.4. The van der Waals surface area contributed by atoms with Crippen LogP contribution in [0, 0.1) is 10.1 Å². The predicted molar refractivity (Wildman–Crippen MR) is 134 cm³/mol. The Labute approximate surface area is 201 Å². The van der Waals surface area contributed by atoms with Gasteiger partial charge in [0.2, 0.25) is 5.78 Å². The number of aromatic nitrogens is 1. The van der Waals surface area contributed by atoms with Crippen molar-refractivity contribution in [1.29, 1.82) is 0 Å². The van der Waals surface area contributed by atoms with E-state index < -0.39 is 4.92 Å². The molecule has 1 saturated heterocycles. The molecule has 172 valence electrons. The second-order valence-corrected chi connectivity index (χ2v) is 8.93. The zero-order valence-electron chi connectivity index (χ0n) is 18.6. The summed E-state index contributed by atoms with van der Waals surface area (Å²) in [5.74, 6) is -0.274. The number of nitro groups is 1. The van der Waals surface area contributed by atoms with Crippen molar-refractivity contribution in [2.45, 2.75) is 0 Å². The molecule has 3 heterocycles. The number of piperazine rings is 1. The number of hydrogen-bond acceptors (Lipinski definition) is 5. The second kappa shape index (κ2) is 8.93. The molecule has 5 rings (SSSR count). The number of pyridine rings is 1. The number of rotatable bonds is 5. The second-order valence-electron chi connectivity index (χ2n) is 8.49. The van der Waals surface area contributed by atoms with Gasteiger partial charge in [0.15, 0.2) is 0 Å². The highest BCUT2D eigenvalue weighted by molar-refractivity contribution is 6.30. The van der Waals surface area contributed by atoms with Crippen molar-refractivity contribution in [3.63, 3.8) is 0 Å². The van der Waals surface area contributed by atoms with Gasteiger partial charge in [0.05, 0.1) is 4.92 Å². The zero-order chi connectivity index (χ0) is 23.8. The topological polar surface area (TPSA) is 71.1 Å². The Hall–Kier alpha value is -3.68. The highest BCUT2D eigenvalue weighted by Gasteiger charge is 2.26. The fourth-order valence-corrected chi connectivity index (χ4v) is 4.59. The van der Waals surface area contributed by atoms with Crippen LogP contribution in [-0.4, -0.2) is 53.2 Å². The lowest BCUT2D eigenvalue weighted by atomic mass is 9.99. The van der Waals surface area contributed by atoms with Crippen LogP contribution in [0.2, 0.25) is 5.02 Å². The molecule has 34 heavy (non-hydrogen) atoms. The lowest BCUT2D eigenvalue weighted by Crippen LogP contribution is -2.44. The summed E-state index contributed by atoms with van der Waals surface area (Å²) < 4.78 is 1.83. The van der Waals surface area contributed by atoms with Gasteiger partial charge in [-0.2, -0.15) is 0 Å². The van der Waals surface area contributed by atoms with E-state index in [1.54, 1.807) is 24.3 Å². The van der Waals surface area contributed by atoms with Crippen molar-refractivity contribution in [3.05, 3.63) is 99.3 Å². The maximum absolute atomic E-state index is 13.8. The standard InChI is InChI=1S/C26H23ClN4O3/c1-28-12-14-29(15-13-28)23-10-7-19(16-24(23)31(33)34)26(32)25-22(18-5-8-20(27)9-6-18)17-21-4-2-3-11-30(21)25/h2-11,16-17H,12-15H2,1H3. The molecular weight excluding hydrogens is 452 g/mol. The minimum absolute atomic E-state index is 0.0516. The molecule has 1 aliphatic heterocycles. The Balaban J connectivity index is 1.60. The molecule has 4 aromatic rings. The molecule has 0 bridgehead atoms. The number of anilines is 1.